The Labute approximate surface area is 226 Å². The summed E-state index contributed by atoms with van der Waals surface area (Å²) in [5, 5.41) is 0. The van der Waals surface area contributed by atoms with Gasteiger partial charge in [0.15, 0.2) is 6.61 Å². The Balaban J connectivity index is 1.28. The number of benzene rings is 2. The molecule has 5 rings (SSSR count). The van der Waals surface area contributed by atoms with E-state index in [1.807, 2.05) is 0 Å². The number of aromatic nitrogens is 1. The second-order valence-corrected chi connectivity index (χ2v) is 10.7. The minimum Gasteiger partial charge on any atom is -0.456 e. The average Bonchev–Trinajstić information content (AvgIpc) is 3.55. The molecule has 2 saturated heterocycles. The molecule has 0 aliphatic carbocycles. The maximum absolute atomic E-state index is 13.5. The van der Waals surface area contributed by atoms with Gasteiger partial charge < -0.3 is 18.9 Å². The largest absolute Gasteiger partial charge is 0.456 e. The van der Waals surface area contributed by atoms with Crippen LogP contribution in [0, 0.1) is 19.7 Å². The molecule has 1 aromatic heterocycles. The second kappa shape index (κ2) is 10.4. The average molecular weight is 559 g/mol. The van der Waals surface area contributed by atoms with Crippen molar-refractivity contribution >= 4 is 29.4 Å². The highest BCUT2D eigenvalue weighted by molar-refractivity contribution is 8.00. The van der Waals surface area contributed by atoms with Crippen LogP contribution in [0.2, 0.25) is 0 Å². The first-order valence-corrected chi connectivity index (χ1v) is 13.3. The lowest BCUT2D eigenvalue weighted by Gasteiger charge is -2.33. The maximum atomic E-state index is 13.5. The minimum absolute atomic E-state index is 0.0180. The number of thioether (sulfide) groups is 1. The molecule has 2 fully saturated rings. The predicted octanol–water partition coefficient (Wildman–Crippen LogP) is 5.15. The van der Waals surface area contributed by atoms with Crippen molar-refractivity contribution in [2.45, 2.75) is 44.2 Å². The Hall–Kier alpha value is -3.73. The number of carbonyl (C=O) groups is 3. The van der Waals surface area contributed by atoms with Crippen LogP contribution in [0.25, 0.3) is 5.69 Å². The van der Waals surface area contributed by atoms with E-state index >= 15 is 0 Å². The van der Waals surface area contributed by atoms with Crippen molar-refractivity contribution in [1.82, 2.24) is 9.47 Å². The number of hydrogen-bond acceptors (Lipinski definition) is 6. The molecule has 0 spiro atoms. The fourth-order valence-corrected chi connectivity index (χ4v) is 6.99. The zero-order valence-corrected chi connectivity index (χ0v) is 22.0. The SMILES string of the molecule is Cc1cc(C(=O)COC(=O)[C@@H]2CS[C@]3(c4ccc(F)cc4)CCC(=O)N23)c(C)n1-c1ccc(OC(F)F)cc1. The third-order valence-corrected chi connectivity index (χ3v) is 8.69. The fraction of sp³-hybridized carbons (Fsp3) is 0.321. The van der Waals surface area contributed by atoms with Gasteiger partial charge in [0.05, 0.1) is 0 Å². The van der Waals surface area contributed by atoms with Gasteiger partial charge in [-0.1, -0.05) is 12.1 Å². The molecular weight excluding hydrogens is 533 g/mol. The molecule has 2 aliphatic rings. The summed E-state index contributed by atoms with van der Waals surface area (Å²) in [5.74, 6) is -1.34. The highest BCUT2D eigenvalue weighted by Gasteiger charge is 2.57. The van der Waals surface area contributed by atoms with Gasteiger partial charge in [0, 0.05) is 34.8 Å². The summed E-state index contributed by atoms with van der Waals surface area (Å²) in [6.07, 6.45) is 0.750. The van der Waals surface area contributed by atoms with E-state index in [0.717, 1.165) is 11.3 Å². The molecule has 3 heterocycles. The first kappa shape index (κ1) is 26.9. The predicted molar refractivity (Wildman–Crippen MR) is 138 cm³/mol. The monoisotopic (exact) mass is 558 g/mol. The second-order valence-electron chi connectivity index (χ2n) is 9.41. The molecular formula is C28H25F3N2O5S. The van der Waals surface area contributed by atoms with Gasteiger partial charge in [-0.2, -0.15) is 8.78 Å². The highest BCUT2D eigenvalue weighted by atomic mass is 32.2. The van der Waals surface area contributed by atoms with Crippen molar-refractivity contribution in [1.29, 1.82) is 0 Å². The van der Waals surface area contributed by atoms with Crippen LogP contribution in [0.5, 0.6) is 5.75 Å². The quantitative estimate of drug-likeness (QED) is 0.281. The number of ether oxygens (including phenoxy) is 2. The summed E-state index contributed by atoms with van der Waals surface area (Å²) in [4.78, 5) is 39.7. The zero-order chi connectivity index (χ0) is 27.9. The molecule has 0 radical (unpaired) electrons. The summed E-state index contributed by atoms with van der Waals surface area (Å²) in [5.41, 5.74) is 3.07. The molecule has 1 amide bonds. The smallest absolute Gasteiger partial charge is 0.387 e. The molecule has 2 aromatic carbocycles. The van der Waals surface area contributed by atoms with Crippen LogP contribution in [0.4, 0.5) is 13.2 Å². The molecule has 7 nitrogen and oxygen atoms in total. The van der Waals surface area contributed by atoms with E-state index in [9.17, 15) is 27.6 Å². The molecule has 2 atom stereocenters. The Morgan fingerprint density at radius 3 is 2.46 bits per heavy atom. The van der Waals surface area contributed by atoms with Gasteiger partial charge in [0.25, 0.3) is 0 Å². The molecule has 39 heavy (non-hydrogen) atoms. The van der Waals surface area contributed by atoms with Gasteiger partial charge in [-0.05, 0) is 68.3 Å². The van der Waals surface area contributed by atoms with Crippen molar-refractivity contribution in [3.8, 4) is 11.4 Å². The number of nitrogens with zero attached hydrogens (tertiary/aromatic N) is 2. The number of halogens is 3. The first-order valence-electron chi connectivity index (χ1n) is 12.3. The molecule has 204 valence electrons. The van der Waals surface area contributed by atoms with Gasteiger partial charge in [-0.3, -0.25) is 9.59 Å². The topological polar surface area (TPSA) is 77.8 Å². The number of Topliss-reactive ketones (excluding diaryl/α,β-unsaturated/α-hetero) is 1. The number of esters is 1. The number of alkyl halides is 2. The lowest BCUT2D eigenvalue weighted by molar-refractivity contribution is -0.152. The number of ketones is 1. The van der Waals surface area contributed by atoms with Crippen LogP contribution in [-0.4, -0.2) is 52.1 Å². The molecule has 0 bridgehead atoms. The number of rotatable bonds is 8. The third-order valence-electron chi connectivity index (χ3n) is 7.09. The van der Waals surface area contributed by atoms with E-state index in [1.54, 1.807) is 48.7 Å². The third kappa shape index (κ3) is 4.91. The lowest BCUT2D eigenvalue weighted by Crippen LogP contribution is -2.47. The Kier molecular flexibility index (Phi) is 7.19. The summed E-state index contributed by atoms with van der Waals surface area (Å²) in [7, 11) is 0. The van der Waals surface area contributed by atoms with Crippen molar-refractivity contribution in [2.75, 3.05) is 12.4 Å². The number of amides is 1. The van der Waals surface area contributed by atoms with Gasteiger partial charge >= 0.3 is 12.6 Å². The van der Waals surface area contributed by atoms with Gasteiger partial charge in [0.1, 0.15) is 22.5 Å². The Bertz CT molecular complexity index is 1420. The van der Waals surface area contributed by atoms with E-state index in [1.165, 1.54) is 40.9 Å². The summed E-state index contributed by atoms with van der Waals surface area (Å²) in [6.45, 7) is 0.0999. The normalized spacial score (nSPS) is 20.4. The molecule has 0 unspecified atom stereocenters. The van der Waals surface area contributed by atoms with Crippen molar-refractivity contribution in [2.24, 2.45) is 0 Å². The van der Waals surface area contributed by atoms with E-state index in [0.29, 0.717) is 29.1 Å². The van der Waals surface area contributed by atoms with Gasteiger partial charge in [-0.25, -0.2) is 9.18 Å². The van der Waals surface area contributed by atoms with Gasteiger partial charge in [-0.15, -0.1) is 11.8 Å². The molecule has 11 heteroatoms. The van der Waals surface area contributed by atoms with Crippen molar-refractivity contribution in [3.05, 3.63) is 82.9 Å². The molecule has 0 N–H and O–H groups in total. The zero-order valence-electron chi connectivity index (χ0n) is 21.2. The van der Waals surface area contributed by atoms with Gasteiger partial charge in [0.2, 0.25) is 11.7 Å². The van der Waals surface area contributed by atoms with Crippen molar-refractivity contribution in [3.63, 3.8) is 0 Å². The summed E-state index contributed by atoms with van der Waals surface area (Å²) in [6, 6.07) is 12.8. The number of fused-ring (bicyclic) bond motifs is 1. The fourth-order valence-electron chi connectivity index (χ4n) is 5.36. The summed E-state index contributed by atoms with van der Waals surface area (Å²) >= 11 is 1.44. The Morgan fingerprint density at radius 2 is 1.79 bits per heavy atom. The van der Waals surface area contributed by atoms with Crippen LogP contribution in [-0.2, 0) is 19.2 Å². The van der Waals surface area contributed by atoms with E-state index in [-0.39, 0.29) is 23.9 Å². The number of carbonyl (C=O) groups excluding carboxylic acids is 3. The minimum atomic E-state index is -2.93. The molecule has 2 aliphatic heterocycles. The number of aryl methyl sites for hydroxylation is 1. The van der Waals surface area contributed by atoms with Crippen LogP contribution in [0.1, 0.15) is 40.2 Å². The van der Waals surface area contributed by atoms with Crippen LogP contribution >= 0.6 is 11.8 Å². The van der Waals surface area contributed by atoms with E-state index < -0.39 is 35.9 Å². The van der Waals surface area contributed by atoms with E-state index in [2.05, 4.69) is 4.74 Å². The number of hydrogen-bond donors (Lipinski definition) is 0. The molecule has 0 saturated carbocycles. The van der Waals surface area contributed by atoms with Crippen LogP contribution in [0.15, 0.2) is 54.6 Å². The van der Waals surface area contributed by atoms with E-state index in [4.69, 9.17) is 4.74 Å². The van der Waals surface area contributed by atoms with Crippen LogP contribution in [0.3, 0.4) is 0 Å². The lowest BCUT2D eigenvalue weighted by atomic mass is 10.0. The van der Waals surface area contributed by atoms with Crippen LogP contribution < -0.4 is 4.74 Å². The maximum Gasteiger partial charge on any atom is 0.387 e. The Morgan fingerprint density at radius 1 is 1.10 bits per heavy atom. The standard InChI is InChI=1S/C28H25F3N2O5S/c1-16-13-22(17(2)32(16)20-7-9-21(10-8-20)38-27(30)31)24(34)14-37-26(36)23-15-39-28(12-11-25(35)33(23)28)18-3-5-19(29)6-4-18/h3-10,13,23,27H,11-12,14-15H2,1-2H3/t23-,28-/m0/s1. The van der Waals surface area contributed by atoms with Crippen molar-refractivity contribution < 1.29 is 37.0 Å². The first-order chi connectivity index (χ1) is 18.6. The highest BCUT2D eigenvalue weighted by Crippen LogP contribution is 2.54. The molecule has 3 aromatic rings. The summed E-state index contributed by atoms with van der Waals surface area (Å²) < 4.78 is 50.0.